The van der Waals surface area contributed by atoms with Crippen LogP contribution in [-0.4, -0.2) is 15.9 Å². The smallest absolute Gasteiger partial charge is 0.325 e. The van der Waals surface area contributed by atoms with Gasteiger partial charge in [-0.1, -0.05) is 32.0 Å². The molecule has 0 saturated heterocycles. The average molecular weight is 411 g/mol. The standard InChI is InChI=1S/C23H20F3N3O/c1-21(2)15-10-11-22(21,19-18(15)28-16-8-3-4-9-17(16)29-19)20(30)27-14-7-5-6-13(12-14)23(24,25)26/h3-9,12,15H,10-11H2,1-2H3,(H,27,30). The van der Waals surface area contributed by atoms with Crippen LogP contribution in [0.5, 0.6) is 0 Å². The Balaban J connectivity index is 1.60. The maximum absolute atomic E-state index is 13.6. The van der Waals surface area contributed by atoms with Crippen LogP contribution in [0.2, 0.25) is 0 Å². The number of alkyl halides is 3. The SMILES string of the molecule is CC1(C)C2CCC1(C(=O)Nc1cccc(C(F)(F)F)c1)c1nc3ccccc3nc12. The highest BCUT2D eigenvalue weighted by atomic mass is 19.4. The minimum Gasteiger partial charge on any atom is -0.325 e. The number of benzene rings is 2. The summed E-state index contributed by atoms with van der Waals surface area (Å²) in [4.78, 5) is 23.3. The molecule has 2 aliphatic carbocycles. The number of nitrogens with zero attached hydrogens (tertiary/aromatic N) is 2. The summed E-state index contributed by atoms with van der Waals surface area (Å²) in [5.41, 5.74) is 0.955. The number of anilines is 1. The van der Waals surface area contributed by atoms with Gasteiger partial charge in [0, 0.05) is 11.6 Å². The van der Waals surface area contributed by atoms with Crippen molar-refractivity contribution in [1.82, 2.24) is 9.97 Å². The predicted octanol–water partition coefficient (Wildman–Crippen LogP) is 5.44. The first-order valence-electron chi connectivity index (χ1n) is 9.90. The number of para-hydroxylation sites is 2. The van der Waals surface area contributed by atoms with Crippen molar-refractivity contribution in [3.8, 4) is 0 Å². The molecule has 2 atom stereocenters. The van der Waals surface area contributed by atoms with Gasteiger partial charge in [0.25, 0.3) is 0 Å². The summed E-state index contributed by atoms with van der Waals surface area (Å²) in [6, 6.07) is 12.3. The molecule has 5 rings (SSSR count). The van der Waals surface area contributed by atoms with E-state index in [1.807, 2.05) is 38.1 Å². The van der Waals surface area contributed by atoms with Gasteiger partial charge in [-0.25, -0.2) is 9.97 Å². The number of hydrogen-bond donors (Lipinski definition) is 1. The monoisotopic (exact) mass is 411 g/mol. The van der Waals surface area contributed by atoms with E-state index >= 15 is 0 Å². The average Bonchev–Trinajstić information content (AvgIpc) is 3.07. The van der Waals surface area contributed by atoms with E-state index in [0.29, 0.717) is 17.6 Å². The fraction of sp³-hybridized carbons (Fsp3) is 0.348. The number of carbonyl (C=O) groups excluding carboxylic acids is 1. The van der Waals surface area contributed by atoms with Gasteiger partial charge >= 0.3 is 6.18 Å². The van der Waals surface area contributed by atoms with Crippen LogP contribution in [0.1, 0.15) is 49.6 Å². The molecule has 1 fully saturated rings. The fourth-order valence-corrected chi connectivity index (χ4v) is 5.34. The second kappa shape index (κ2) is 6.03. The minimum absolute atomic E-state index is 0.0804. The number of carbonyl (C=O) groups is 1. The third kappa shape index (κ3) is 2.44. The number of fused-ring (bicyclic) bond motifs is 6. The molecule has 1 saturated carbocycles. The first kappa shape index (κ1) is 19.0. The number of aromatic nitrogens is 2. The van der Waals surface area contributed by atoms with Gasteiger partial charge in [0.2, 0.25) is 5.91 Å². The summed E-state index contributed by atoms with van der Waals surface area (Å²) in [5, 5.41) is 2.75. The Labute approximate surface area is 171 Å². The zero-order valence-electron chi connectivity index (χ0n) is 16.5. The number of hydrogen-bond acceptors (Lipinski definition) is 3. The molecule has 2 aromatic carbocycles. The van der Waals surface area contributed by atoms with E-state index in [-0.39, 0.29) is 17.5 Å². The molecular formula is C23H20F3N3O. The third-order valence-electron chi connectivity index (χ3n) is 6.95. The van der Waals surface area contributed by atoms with Gasteiger partial charge in [-0.3, -0.25) is 4.79 Å². The summed E-state index contributed by atoms with van der Waals surface area (Å²) in [5.74, 6) is -0.241. The summed E-state index contributed by atoms with van der Waals surface area (Å²) >= 11 is 0. The van der Waals surface area contributed by atoms with Crippen LogP contribution in [-0.2, 0) is 16.4 Å². The van der Waals surface area contributed by atoms with E-state index in [1.54, 1.807) is 0 Å². The van der Waals surface area contributed by atoms with Crippen LogP contribution in [0.4, 0.5) is 18.9 Å². The lowest BCUT2D eigenvalue weighted by Gasteiger charge is -2.36. The van der Waals surface area contributed by atoms with Crippen LogP contribution in [0, 0.1) is 5.41 Å². The molecule has 0 aliphatic heterocycles. The highest BCUT2D eigenvalue weighted by Gasteiger charge is 2.67. The van der Waals surface area contributed by atoms with E-state index < -0.39 is 22.6 Å². The lowest BCUT2D eigenvalue weighted by atomic mass is 9.67. The molecule has 1 amide bonds. The highest BCUT2D eigenvalue weighted by Crippen LogP contribution is 2.67. The molecule has 2 aliphatic rings. The zero-order chi connectivity index (χ0) is 21.3. The molecule has 1 aromatic heterocycles. The number of halogens is 3. The van der Waals surface area contributed by atoms with Crippen molar-refractivity contribution in [3.05, 3.63) is 65.5 Å². The van der Waals surface area contributed by atoms with Crippen molar-refractivity contribution >= 4 is 22.6 Å². The van der Waals surface area contributed by atoms with Crippen molar-refractivity contribution < 1.29 is 18.0 Å². The second-order valence-corrected chi connectivity index (χ2v) is 8.70. The molecule has 2 unspecified atom stereocenters. The first-order chi connectivity index (χ1) is 14.1. The Bertz CT molecular complexity index is 1190. The number of amides is 1. The quantitative estimate of drug-likeness (QED) is 0.611. The van der Waals surface area contributed by atoms with Gasteiger partial charge in [0.1, 0.15) is 0 Å². The Morgan fingerprint density at radius 3 is 2.47 bits per heavy atom. The highest BCUT2D eigenvalue weighted by molar-refractivity contribution is 6.01. The molecule has 2 bridgehead atoms. The van der Waals surface area contributed by atoms with Crippen LogP contribution >= 0.6 is 0 Å². The van der Waals surface area contributed by atoms with E-state index in [9.17, 15) is 18.0 Å². The number of nitrogens with one attached hydrogen (secondary N) is 1. The first-order valence-corrected chi connectivity index (χ1v) is 9.90. The van der Waals surface area contributed by atoms with Gasteiger partial charge < -0.3 is 5.32 Å². The summed E-state index contributed by atoms with van der Waals surface area (Å²) in [6.07, 6.45) is -3.08. The fourth-order valence-electron chi connectivity index (χ4n) is 5.34. The lowest BCUT2D eigenvalue weighted by Crippen LogP contribution is -2.46. The van der Waals surface area contributed by atoms with Gasteiger partial charge in [-0.15, -0.1) is 0 Å². The van der Waals surface area contributed by atoms with Crippen LogP contribution in [0.15, 0.2) is 48.5 Å². The lowest BCUT2D eigenvalue weighted by molar-refractivity contribution is -0.137. The van der Waals surface area contributed by atoms with Crippen molar-refractivity contribution in [2.45, 2.75) is 44.2 Å². The maximum atomic E-state index is 13.6. The van der Waals surface area contributed by atoms with Gasteiger partial charge in [0.05, 0.1) is 33.4 Å². The molecular weight excluding hydrogens is 391 g/mol. The van der Waals surface area contributed by atoms with Crippen molar-refractivity contribution in [2.24, 2.45) is 5.41 Å². The molecule has 1 N–H and O–H groups in total. The molecule has 0 radical (unpaired) electrons. The van der Waals surface area contributed by atoms with E-state index in [0.717, 1.165) is 29.8 Å². The van der Waals surface area contributed by atoms with E-state index in [4.69, 9.17) is 9.97 Å². The Morgan fingerprint density at radius 2 is 1.77 bits per heavy atom. The Morgan fingerprint density at radius 1 is 1.07 bits per heavy atom. The van der Waals surface area contributed by atoms with Crippen LogP contribution in [0.3, 0.4) is 0 Å². The van der Waals surface area contributed by atoms with Crippen molar-refractivity contribution in [1.29, 1.82) is 0 Å². The number of rotatable bonds is 2. The van der Waals surface area contributed by atoms with Crippen molar-refractivity contribution in [2.75, 3.05) is 5.32 Å². The van der Waals surface area contributed by atoms with Gasteiger partial charge in [0.15, 0.2) is 0 Å². The second-order valence-electron chi connectivity index (χ2n) is 8.70. The molecule has 0 spiro atoms. The maximum Gasteiger partial charge on any atom is 0.416 e. The molecule has 3 aromatic rings. The molecule has 4 nitrogen and oxygen atoms in total. The molecule has 154 valence electrons. The van der Waals surface area contributed by atoms with Crippen LogP contribution in [0.25, 0.3) is 11.0 Å². The molecule has 1 heterocycles. The van der Waals surface area contributed by atoms with Crippen molar-refractivity contribution in [3.63, 3.8) is 0 Å². The summed E-state index contributed by atoms with van der Waals surface area (Å²) in [7, 11) is 0. The predicted molar refractivity (Wildman–Crippen MR) is 107 cm³/mol. The summed E-state index contributed by atoms with van der Waals surface area (Å²) < 4.78 is 39.3. The molecule has 30 heavy (non-hydrogen) atoms. The Hall–Kier alpha value is -2.96. The van der Waals surface area contributed by atoms with Gasteiger partial charge in [-0.05, 0) is 48.6 Å². The third-order valence-corrected chi connectivity index (χ3v) is 6.95. The van der Waals surface area contributed by atoms with E-state index in [2.05, 4.69) is 5.32 Å². The minimum atomic E-state index is -4.47. The Kier molecular flexibility index (Phi) is 3.82. The topological polar surface area (TPSA) is 54.9 Å². The summed E-state index contributed by atoms with van der Waals surface area (Å²) in [6.45, 7) is 4.06. The van der Waals surface area contributed by atoms with E-state index in [1.165, 1.54) is 12.1 Å². The largest absolute Gasteiger partial charge is 0.416 e. The molecule has 7 heteroatoms. The van der Waals surface area contributed by atoms with Gasteiger partial charge in [-0.2, -0.15) is 13.2 Å². The zero-order valence-corrected chi connectivity index (χ0v) is 16.5. The van der Waals surface area contributed by atoms with Crippen LogP contribution < -0.4 is 5.32 Å². The normalized spacial score (nSPS) is 24.1.